The van der Waals surface area contributed by atoms with E-state index in [1.807, 2.05) is 0 Å². The first kappa shape index (κ1) is 15.5. The zero-order valence-corrected chi connectivity index (χ0v) is 13.5. The fraction of sp³-hybridized carbons (Fsp3) is 0.714. The Hall–Kier alpha value is -0.880. The summed E-state index contributed by atoms with van der Waals surface area (Å²) in [4.78, 5) is 8.75. The summed E-state index contributed by atoms with van der Waals surface area (Å²) >= 11 is 3.48. The minimum atomic E-state index is -0.239. The predicted octanol–water partition coefficient (Wildman–Crippen LogP) is 3.17. The normalized spacial score (nSPS) is 17.8. The van der Waals surface area contributed by atoms with Gasteiger partial charge in [-0.1, -0.05) is 26.2 Å². The number of nitrogens with one attached hydrogen (secondary N) is 2. The molecule has 0 spiro atoms. The lowest BCUT2D eigenvalue weighted by molar-refractivity contribution is 0.172. The third-order valence-electron chi connectivity index (χ3n) is 3.77. The van der Waals surface area contributed by atoms with Crippen LogP contribution in [0.25, 0.3) is 0 Å². The average Bonchev–Trinajstić information content (AvgIpc) is 2.49. The second-order valence-electron chi connectivity index (χ2n) is 5.44. The van der Waals surface area contributed by atoms with Crippen molar-refractivity contribution in [1.29, 1.82) is 0 Å². The summed E-state index contributed by atoms with van der Waals surface area (Å²) in [5.41, 5.74) is -0.239. The number of halogens is 1. The van der Waals surface area contributed by atoms with E-state index in [1.165, 1.54) is 6.42 Å². The second kappa shape index (κ2) is 7.22. The predicted molar refractivity (Wildman–Crippen MR) is 85.0 cm³/mol. The van der Waals surface area contributed by atoms with Gasteiger partial charge in [0.2, 0.25) is 5.95 Å². The molecule has 112 valence electrons. The van der Waals surface area contributed by atoms with E-state index in [0.717, 1.165) is 48.9 Å². The maximum atomic E-state index is 9.77. The largest absolute Gasteiger partial charge is 0.394 e. The Morgan fingerprint density at radius 1 is 1.35 bits per heavy atom. The molecule has 0 atom stereocenters. The smallest absolute Gasteiger partial charge is 0.224 e. The van der Waals surface area contributed by atoms with Crippen LogP contribution in [0.1, 0.15) is 45.4 Å². The first-order valence-corrected chi connectivity index (χ1v) is 8.14. The average molecular weight is 343 g/mol. The molecule has 1 saturated carbocycles. The fourth-order valence-corrected chi connectivity index (χ4v) is 2.87. The van der Waals surface area contributed by atoms with E-state index in [9.17, 15) is 5.11 Å². The molecule has 1 aromatic rings. The van der Waals surface area contributed by atoms with Crippen molar-refractivity contribution < 1.29 is 5.11 Å². The molecule has 20 heavy (non-hydrogen) atoms. The van der Waals surface area contributed by atoms with Crippen molar-refractivity contribution in [2.75, 3.05) is 23.8 Å². The van der Waals surface area contributed by atoms with Gasteiger partial charge in [0.25, 0.3) is 0 Å². The summed E-state index contributed by atoms with van der Waals surface area (Å²) < 4.78 is 0.831. The van der Waals surface area contributed by atoms with Crippen molar-refractivity contribution in [3.05, 3.63) is 10.7 Å². The third kappa shape index (κ3) is 3.82. The zero-order chi connectivity index (χ0) is 14.4. The molecule has 0 bridgehead atoms. The van der Waals surface area contributed by atoms with Crippen molar-refractivity contribution in [3.8, 4) is 0 Å². The highest BCUT2D eigenvalue weighted by atomic mass is 79.9. The molecule has 0 unspecified atom stereocenters. The Bertz CT molecular complexity index is 435. The standard InChI is InChI=1S/C14H23BrN4O/c1-2-8-16-13-17-9-11(15)12(18-13)19-14(10-20)6-4-3-5-7-14/h9,20H,2-8,10H2,1H3,(H2,16,17,18,19). The molecular weight excluding hydrogens is 320 g/mol. The van der Waals surface area contributed by atoms with E-state index < -0.39 is 0 Å². The molecule has 0 amide bonds. The van der Waals surface area contributed by atoms with Gasteiger partial charge < -0.3 is 15.7 Å². The van der Waals surface area contributed by atoms with Crippen LogP contribution in [0.2, 0.25) is 0 Å². The molecular formula is C14H23BrN4O. The Kier molecular flexibility index (Phi) is 5.60. The lowest BCUT2D eigenvalue weighted by Gasteiger charge is -2.37. The number of rotatable bonds is 6. The van der Waals surface area contributed by atoms with Crippen LogP contribution >= 0.6 is 15.9 Å². The van der Waals surface area contributed by atoms with Gasteiger partial charge in [-0.3, -0.25) is 0 Å². The summed E-state index contributed by atoms with van der Waals surface area (Å²) in [7, 11) is 0. The first-order valence-electron chi connectivity index (χ1n) is 7.34. The van der Waals surface area contributed by atoms with E-state index in [4.69, 9.17) is 0 Å². The molecule has 1 aliphatic rings. The van der Waals surface area contributed by atoms with Gasteiger partial charge in [0.1, 0.15) is 5.82 Å². The molecule has 0 radical (unpaired) electrons. The van der Waals surface area contributed by atoms with Crippen molar-refractivity contribution in [2.45, 2.75) is 51.0 Å². The van der Waals surface area contributed by atoms with Crippen LogP contribution in [-0.4, -0.2) is 33.8 Å². The highest BCUT2D eigenvalue weighted by Gasteiger charge is 2.32. The summed E-state index contributed by atoms with van der Waals surface area (Å²) in [6.07, 6.45) is 8.30. The summed E-state index contributed by atoms with van der Waals surface area (Å²) in [6.45, 7) is 3.10. The molecule has 6 heteroatoms. The van der Waals surface area contributed by atoms with Crippen molar-refractivity contribution in [1.82, 2.24) is 9.97 Å². The second-order valence-corrected chi connectivity index (χ2v) is 6.30. The van der Waals surface area contributed by atoms with Crippen LogP contribution in [0.15, 0.2) is 10.7 Å². The Morgan fingerprint density at radius 3 is 2.75 bits per heavy atom. The number of anilines is 2. The van der Waals surface area contributed by atoms with E-state index >= 15 is 0 Å². The van der Waals surface area contributed by atoms with Gasteiger partial charge >= 0.3 is 0 Å². The molecule has 0 aliphatic heterocycles. The van der Waals surface area contributed by atoms with Gasteiger partial charge in [-0.2, -0.15) is 4.98 Å². The molecule has 1 aliphatic carbocycles. The van der Waals surface area contributed by atoms with Crippen molar-refractivity contribution >= 4 is 27.7 Å². The monoisotopic (exact) mass is 342 g/mol. The quantitative estimate of drug-likeness (QED) is 0.740. The molecule has 0 aromatic carbocycles. The van der Waals surface area contributed by atoms with Gasteiger partial charge in [-0.05, 0) is 35.2 Å². The highest BCUT2D eigenvalue weighted by molar-refractivity contribution is 9.10. The van der Waals surface area contributed by atoms with Crippen molar-refractivity contribution in [2.24, 2.45) is 0 Å². The number of nitrogens with zero attached hydrogens (tertiary/aromatic N) is 2. The number of hydrogen-bond donors (Lipinski definition) is 3. The molecule has 0 saturated heterocycles. The zero-order valence-electron chi connectivity index (χ0n) is 12.0. The molecule has 2 rings (SSSR count). The lowest BCUT2D eigenvalue weighted by atomic mass is 9.82. The minimum absolute atomic E-state index is 0.140. The van der Waals surface area contributed by atoms with E-state index in [0.29, 0.717) is 5.95 Å². The van der Waals surface area contributed by atoms with E-state index in [1.54, 1.807) is 6.20 Å². The Labute approximate surface area is 128 Å². The number of aliphatic hydroxyl groups excluding tert-OH is 1. The summed E-state index contributed by atoms with van der Waals surface area (Å²) in [6, 6.07) is 0. The highest BCUT2D eigenvalue weighted by Crippen LogP contribution is 2.33. The first-order chi connectivity index (χ1) is 9.69. The SMILES string of the molecule is CCCNc1ncc(Br)c(NC2(CO)CCCCC2)n1. The van der Waals surface area contributed by atoms with Crippen LogP contribution in [0.5, 0.6) is 0 Å². The van der Waals surface area contributed by atoms with E-state index in [-0.39, 0.29) is 12.1 Å². The molecule has 3 N–H and O–H groups in total. The maximum absolute atomic E-state index is 9.77. The van der Waals surface area contributed by atoms with Gasteiger partial charge in [0.05, 0.1) is 16.6 Å². The third-order valence-corrected chi connectivity index (χ3v) is 4.35. The molecule has 1 aromatic heterocycles. The molecule has 5 nitrogen and oxygen atoms in total. The maximum Gasteiger partial charge on any atom is 0.224 e. The van der Waals surface area contributed by atoms with Crippen LogP contribution in [0.4, 0.5) is 11.8 Å². The Balaban J connectivity index is 2.13. The van der Waals surface area contributed by atoms with Gasteiger partial charge in [-0.25, -0.2) is 4.98 Å². The van der Waals surface area contributed by atoms with Gasteiger partial charge in [0.15, 0.2) is 0 Å². The van der Waals surface area contributed by atoms with Crippen molar-refractivity contribution in [3.63, 3.8) is 0 Å². The van der Waals surface area contributed by atoms with Crippen LogP contribution in [-0.2, 0) is 0 Å². The van der Waals surface area contributed by atoms with E-state index in [2.05, 4.69) is 43.5 Å². The minimum Gasteiger partial charge on any atom is -0.394 e. The molecule has 1 heterocycles. The number of aromatic nitrogens is 2. The summed E-state index contributed by atoms with van der Waals surface area (Å²) in [5, 5.41) is 16.4. The van der Waals surface area contributed by atoms with Gasteiger partial charge in [0, 0.05) is 12.7 Å². The molecule has 1 fully saturated rings. The topological polar surface area (TPSA) is 70.1 Å². The van der Waals surface area contributed by atoms with Gasteiger partial charge in [-0.15, -0.1) is 0 Å². The van der Waals surface area contributed by atoms with Crippen LogP contribution in [0, 0.1) is 0 Å². The number of aliphatic hydroxyl groups is 1. The Morgan fingerprint density at radius 2 is 2.10 bits per heavy atom. The van der Waals surface area contributed by atoms with Crippen LogP contribution < -0.4 is 10.6 Å². The van der Waals surface area contributed by atoms with Crippen LogP contribution in [0.3, 0.4) is 0 Å². The fourth-order valence-electron chi connectivity index (χ4n) is 2.58. The lowest BCUT2D eigenvalue weighted by Crippen LogP contribution is -2.44. The summed E-state index contributed by atoms with van der Waals surface area (Å²) in [5.74, 6) is 1.39. The number of hydrogen-bond acceptors (Lipinski definition) is 5.